The van der Waals surface area contributed by atoms with Crippen molar-refractivity contribution in [2.45, 2.75) is 25.9 Å². The highest BCUT2D eigenvalue weighted by Crippen LogP contribution is 2.29. The van der Waals surface area contributed by atoms with Gasteiger partial charge in [0, 0.05) is 6.42 Å². The maximum absolute atomic E-state index is 13.4. The van der Waals surface area contributed by atoms with Crippen molar-refractivity contribution >= 4 is 0 Å². The molecular weight excluding hydrogens is 255 g/mol. The van der Waals surface area contributed by atoms with Crippen molar-refractivity contribution in [2.24, 2.45) is 0 Å². The van der Waals surface area contributed by atoms with Crippen LogP contribution in [0.5, 0.6) is 5.75 Å². The monoisotopic (exact) mass is 274 g/mol. The smallest absolute Gasteiger partial charge is 0.123 e. The van der Waals surface area contributed by atoms with Crippen molar-refractivity contribution in [2.75, 3.05) is 7.11 Å². The molecule has 0 saturated heterocycles. The minimum atomic E-state index is -1.11. The van der Waals surface area contributed by atoms with E-state index in [1.54, 1.807) is 20.1 Å². The van der Waals surface area contributed by atoms with Crippen LogP contribution in [0.25, 0.3) is 0 Å². The number of rotatable bonds is 4. The van der Waals surface area contributed by atoms with E-state index in [1.807, 2.05) is 31.2 Å². The predicted octanol–water partition coefficient (Wildman–Crippen LogP) is 3.59. The number of hydrogen-bond acceptors (Lipinski definition) is 2. The molecule has 0 saturated carbocycles. The Hall–Kier alpha value is -1.87. The van der Waals surface area contributed by atoms with Gasteiger partial charge in [-0.1, -0.05) is 18.2 Å². The second-order valence-corrected chi connectivity index (χ2v) is 5.26. The van der Waals surface area contributed by atoms with Crippen LogP contribution in [0.3, 0.4) is 0 Å². The highest BCUT2D eigenvalue weighted by molar-refractivity contribution is 5.34. The molecule has 2 nitrogen and oxygen atoms in total. The van der Waals surface area contributed by atoms with E-state index in [0.717, 1.165) is 16.9 Å². The lowest BCUT2D eigenvalue weighted by Gasteiger charge is -2.26. The zero-order chi connectivity index (χ0) is 14.8. The quantitative estimate of drug-likeness (QED) is 0.923. The van der Waals surface area contributed by atoms with Crippen molar-refractivity contribution in [1.29, 1.82) is 0 Å². The van der Waals surface area contributed by atoms with E-state index in [-0.39, 0.29) is 5.82 Å². The van der Waals surface area contributed by atoms with Crippen LogP contribution in [0, 0.1) is 12.7 Å². The first-order valence-corrected chi connectivity index (χ1v) is 6.54. The van der Waals surface area contributed by atoms with Crippen molar-refractivity contribution in [3.63, 3.8) is 0 Å². The summed E-state index contributed by atoms with van der Waals surface area (Å²) < 4.78 is 18.5. The molecule has 0 aliphatic carbocycles. The fraction of sp³-hybridized carbons (Fsp3) is 0.294. The maximum atomic E-state index is 13.4. The Balaban J connectivity index is 2.27. The molecule has 2 aromatic carbocycles. The summed E-state index contributed by atoms with van der Waals surface area (Å²) in [6, 6.07) is 12.0. The third-order valence-corrected chi connectivity index (χ3v) is 3.49. The minimum absolute atomic E-state index is 0.333. The van der Waals surface area contributed by atoms with Gasteiger partial charge in [-0.15, -0.1) is 0 Å². The standard InChI is InChI=1S/C17H19FO2/c1-12-4-7-14(18)10-16(12)17(2,19)11-13-5-8-15(20-3)9-6-13/h4-10,19H,11H2,1-3H3. The summed E-state index contributed by atoms with van der Waals surface area (Å²) in [5.41, 5.74) is 1.36. The van der Waals surface area contributed by atoms with Crippen LogP contribution in [0.4, 0.5) is 4.39 Å². The summed E-state index contributed by atoms with van der Waals surface area (Å²) in [6.45, 7) is 3.58. The van der Waals surface area contributed by atoms with E-state index < -0.39 is 5.60 Å². The third kappa shape index (κ3) is 3.17. The summed E-state index contributed by atoms with van der Waals surface area (Å²) in [4.78, 5) is 0. The Bertz CT molecular complexity index is 588. The van der Waals surface area contributed by atoms with Crippen molar-refractivity contribution in [3.8, 4) is 5.75 Å². The molecule has 2 rings (SSSR count). The Morgan fingerprint density at radius 1 is 1.15 bits per heavy atom. The molecule has 1 N–H and O–H groups in total. The topological polar surface area (TPSA) is 29.5 Å². The largest absolute Gasteiger partial charge is 0.497 e. The van der Waals surface area contributed by atoms with Crippen LogP contribution in [-0.2, 0) is 12.0 Å². The van der Waals surface area contributed by atoms with Gasteiger partial charge in [-0.2, -0.15) is 0 Å². The number of methoxy groups -OCH3 is 1. The zero-order valence-electron chi connectivity index (χ0n) is 12.0. The van der Waals surface area contributed by atoms with Crippen molar-refractivity contribution in [3.05, 3.63) is 65.0 Å². The number of halogens is 1. The lowest BCUT2D eigenvalue weighted by Crippen LogP contribution is -2.25. The Morgan fingerprint density at radius 2 is 1.80 bits per heavy atom. The van der Waals surface area contributed by atoms with E-state index in [1.165, 1.54) is 12.1 Å². The molecule has 0 heterocycles. The lowest BCUT2D eigenvalue weighted by molar-refractivity contribution is 0.0566. The van der Waals surface area contributed by atoms with Gasteiger partial charge in [-0.3, -0.25) is 0 Å². The van der Waals surface area contributed by atoms with Gasteiger partial charge >= 0.3 is 0 Å². The zero-order valence-corrected chi connectivity index (χ0v) is 12.0. The van der Waals surface area contributed by atoms with Crippen LogP contribution < -0.4 is 4.74 Å². The SMILES string of the molecule is COc1ccc(CC(C)(O)c2cc(F)ccc2C)cc1. The average Bonchev–Trinajstić information content (AvgIpc) is 2.42. The van der Waals surface area contributed by atoms with Crippen LogP contribution in [-0.4, -0.2) is 12.2 Å². The van der Waals surface area contributed by atoms with E-state index in [4.69, 9.17) is 4.74 Å². The van der Waals surface area contributed by atoms with Gasteiger partial charge in [0.1, 0.15) is 11.6 Å². The Labute approximate surface area is 118 Å². The predicted molar refractivity (Wildman–Crippen MR) is 77.4 cm³/mol. The van der Waals surface area contributed by atoms with E-state index in [2.05, 4.69) is 0 Å². The third-order valence-electron chi connectivity index (χ3n) is 3.49. The van der Waals surface area contributed by atoms with Gasteiger partial charge in [0.15, 0.2) is 0 Å². The molecule has 1 atom stereocenters. The Kier molecular flexibility index (Phi) is 4.09. The summed E-state index contributed by atoms with van der Waals surface area (Å²) in [7, 11) is 1.61. The highest BCUT2D eigenvalue weighted by atomic mass is 19.1. The second kappa shape index (κ2) is 5.63. The van der Waals surface area contributed by atoms with Gasteiger partial charge in [-0.05, 0) is 54.8 Å². The van der Waals surface area contributed by atoms with Gasteiger partial charge in [-0.25, -0.2) is 4.39 Å². The molecule has 0 bridgehead atoms. The van der Waals surface area contributed by atoms with Crippen LogP contribution >= 0.6 is 0 Å². The average molecular weight is 274 g/mol. The van der Waals surface area contributed by atoms with E-state index in [0.29, 0.717) is 12.0 Å². The van der Waals surface area contributed by atoms with Gasteiger partial charge < -0.3 is 9.84 Å². The summed E-state index contributed by atoms with van der Waals surface area (Å²) >= 11 is 0. The van der Waals surface area contributed by atoms with Gasteiger partial charge in [0.25, 0.3) is 0 Å². The summed E-state index contributed by atoms with van der Waals surface area (Å²) in [5.74, 6) is 0.441. The minimum Gasteiger partial charge on any atom is -0.497 e. The lowest BCUT2D eigenvalue weighted by atomic mass is 9.86. The highest BCUT2D eigenvalue weighted by Gasteiger charge is 2.25. The number of aliphatic hydroxyl groups is 1. The van der Waals surface area contributed by atoms with Crippen molar-refractivity contribution < 1.29 is 14.2 Å². The molecule has 0 aliphatic heterocycles. The molecule has 0 fully saturated rings. The fourth-order valence-corrected chi connectivity index (χ4v) is 2.41. The first kappa shape index (κ1) is 14.5. The van der Waals surface area contributed by atoms with Crippen LogP contribution in [0.2, 0.25) is 0 Å². The normalized spacial score (nSPS) is 13.8. The maximum Gasteiger partial charge on any atom is 0.123 e. The first-order valence-electron chi connectivity index (χ1n) is 6.54. The molecule has 0 spiro atoms. The molecule has 20 heavy (non-hydrogen) atoms. The Morgan fingerprint density at radius 3 is 2.40 bits per heavy atom. The molecule has 0 aliphatic rings. The van der Waals surface area contributed by atoms with Crippen LogP contribution in [0.1, 0.15) is 23.6 Å². The number of ether oxygens (including phenoxy) is 1. The van der Waals surface area contributed by atoms with E-state index >= 15 is 0 Å². The second-order valence-electron chi connectivity index (χ2n) is 5.26. The fourth-order valence-electron chi connectivity index (χ4n) is 2.41. The first-order chi connectivity index (χ1) is 9.42. The number of benzene rings is 2. The molecule has 2 aromatic rings. The van der Waals surface area contributed by atoms with Crippen LogP contribution in [0.15, 0.2) is 42.5 Å². The molecule has 3 heteroatoms. The van der Waals surface area contributed by atoms with E-state index in [9.17, 15) is 9.50 Å². The number of aryl methyl sites for hydroxylation is 1. The molecule has 1 unspecified atom stereocenters. The van der Waals surface area contributed by atoms with Crippen molar-refractivity contribution in [1.82, 2.24) is 0 Å². The molecular formula is C17H19FO2. The molecule has 0 aromatic heterocycles. The summed E-state index contributed by atoms with van der Waals surface area (Å²) in [5, 5.41) is 10.7. The molecule has 0 amide bonds. The molecule has 0 radical (unpaired) electrons. The van der Waals surface area contributed by atoms with Gasteiger partial charge in [0.2, 0.25) is 0 Å². The number of hydrogen-bond donors (Lipinski definition) is 1. The van der Waals surface area contributed by atoms with Gasteiger partial charge in [0.05, 0.1) is 12.7 Å². The summed E-state index contributed by atoms with van der Waals surface area (Å²) in [6.07, 6.45) is 0.418. The molecule has 106 valence electrons.